The molecule has 0 radical (unpaired) electrons. The Balaban J connectivity index is 0.000000172. The van der Waals surface area contributed by atoms with Gasteiger partial charge in [-0.1, -0.05) is 97.1 Å². The number of nitrogens with zero attached hydrogens (tertiary/aromatic N) is 4. The Morgan fingerprint density at radius 3 is 1.21 bits per heavy atom. The number of para-hydroxylation sites is 4. The molecule has 0 aliphatic heterocycles. The van der Waals surface area contributed by atoms with E-state index in [1.807, 2.05) is 109 Å². The Kier molecular flexibility index (Phi) is 15.0. The van der Waals surface area contributed by atoms with Crippen LogP contribution in [0.25, 0.3) is 55.5 Å². The standard InChI is InChI=1S/C30H20N2O3.C27H19NO2.C3H3NO2/c31-20-24(30(33)34)17-21-11-12-23-19-29(35-28(23)18-21)22-13-15-27(16-14-22)32(25-7-3-1-4-8-25)26-9-5-2-6-10-26;29-19-20-11-12-22-18-27(30-26(22)17-20)21-13-15-25(16-14-21)28(23-7-3-1-4-8-23)24-9-5-2-6-10-24;1-4-2-3(5)6/h1-19H,(H,33,34);1-19H;2H2,(H,5,6). The Bertz CT molecular complexity index is 3460. The number of carboxylic acid groups (broad SMARTS) is 2. The van der Waals surface area contributed by atoms with Crippen LogP contribution < -0.4 is 9.80 Å². The maximum atomic E-state index is 11.1. The Morgan fingerprint density at radius 2 is 0.887 bits per heavy atom. The molecule has 2 aromatic heterocycles. The Labute approximate surface area is 409 Å². The zero-order valence-electron chi connectivity index (χ0n) is 37.9. The van der Waals surface area contributed by atoms with E-state index in [0.29, 0.717) is 28.1 Å². The number of fused-ring (bicyclic) bond motifs is 2. The molecule has 10 rings (SSSR count). The molecule has 0 saturated heterocycles. The number of carbonyl (C=O) groups excluding carboxylic acids is 1. The quantitative estimate of drug-likeness (QED) is 0.0524. The summed E-state index contributed by atoms with van der Waals surface area (Å²) in [5.74, 6) is -0.833. The number of hydrogen-bond donors (Lipinski definition) is 2. The van der Waals surface area contributed by atoms with E-state index < -0.39 is 18.5 Å². The molecule has 0 aliphatic carbocycles. The first-order chi connectivity index (χ1) is 34.7. The molecule has 2 N–H and O–H groups in total. The van der Waals surface area contributed by atoms with E-state index in [0.717, 1.165) is 68.1 Å². The lowest BCUT2D eigenvalue weighted by atomic mass is 10.1. The third-order valence-electron chi connectivity index (χ3n) is 11.0. The summed E-state index contributed by atoms with van der Waals surface area (Å²) in [5, 5.41) is 27.7. The van der Waals surface area contributed by atoms with E-state index in [9.17, 15) is 14.4 Å². The average Bonchev–Trinajstić information content (AvgIpc) is 4.05. The number of rotatable bonds is 12. The number of furan rings is 2. The highest BCUT2D eigenvalue weighted by atomic mass is 16.4. The zero-order chi connectivity index (χ0) is 49.5. The largest absolute Gasteiger partial charge is 0.477 e. The topological polar surface area (TPSA) is 153 Å². The molecule has 0 spiro atoms. The smallest absolute Gasteiger partial charge is 0.384 e. The van der Waals surface area contributed by atoms with Gasteiger partial charge in [-0.3, -0.25) is 4.79 Å². The van der Waals surface area contributed by atoms with Crippen molar-refractivity contribution in [3.8, 4) is 28.7 Å². The third kappa shape index (κ3) is 11.7. The maximum absolute atomic E-state index is 11.1. The first-order valence-corrected chi connectivity index (χ1v) is 22.1. The van der Waals surface area contributed by atoms with Gasteiger partial charge in [-0.2, -0.15) is 5.26 Å². The van der Waals surface area contributed by atoms with Crippen LogP contribution in [0.1, 0.15) is 15.9 Å². The number of carboxylic acids is 2. The minimum atomic E-state index is -1.26. The van der Waals surface area contributed by atoms with Crippen molar-refractivity contribution in [2.45, 2.75) is 0 Å². The number of carbonyl (C=O) groups is 3. The predicted octanol–water partition coefficient (Wildman–Crippen LogP) is 14.9. The van der Waals surface area contributed by atoms with E-state index >= 15 is 0 Å². The van der Waals surface area contributed by atoms with Gasteiger partial charge in [0.25, 0.3) is 0 Å². The second-order valence-electron chi connectivity index (χ2n) is 15.7. The number of anilines is 6. The summed E-state index contributed by atoms with van der Waals surface area (Å²) in [5.41, 5.74) is 10.5. The van der Waals surface area contributed by atoms with E-state index in [4.69, 9.17) is 30.9 Å². The normalized spacial score (nSPS) is 10.6. The fourth-order valence-corrected chi connectivity index (χ4v) is 7.67. The molecule has 0 saturated carbocycles. The van der Waals surface area contributed by atoms with Crippen LogP contribution in [0, 0.1) is 17.9 Å². The van der Waals surface area contributed by atoms with Gasteiger partial charge in [0.05, 0.1) is 0 Å². The average molecular weight is 931 g/mol. The molecule has 0 amide bonds. The second-order valence-corrected chi connectivity index (χ2v) is 15.7. The molecule has 0 unspecified atom stereocenters. The van der Waals surface area contributed by atoms with Crippen molar-refractivity contribution in [1.82, 2.24) is 0 Å². The first kappa shape index (κ1) is 47.3. The SMILES string of the molecule is N#CC(=Cc1ccc2cc(-c3ccc(N(c4ccccc4)c4ccccc4)cc3)oc2c1)C(=O)O.O=Cc1ccc2cc(-c3ccc(N(c4ccccc4)c4ccccc4)cc3)oc2c1.[C-]#[N+]CC(=O)O. The lowest BCUT2D eigenvalue weighted by Gasteiger charge is -2.25. The molecule has 0 aliphatic rings. The molecule has 2 heterocycles. The molecule has 11 heteroatoms. The second kappa shape index (κ2) is 22.5. The minimum absolute atomic E-state index is 0.326. The molecule has 0 fully saturated rings. The third-order valence-corrected chi connectivity index (χ3v) is 11.0. The number of hydrogen-bond acceptors (Lipinski definition) is 8. The van der Waals surface area contributed by atoms with Crippen LogP contribution in [0.3, 0.4) is 0 Å². The molecule has 0 atom stereocenters. The number of aliphatic carboxylic acids is 2. The number of aldehydes is 1. The van der Waals surface area contributed by atoms with Crippen LogP contribution >= 0.6 is 0 Å². The lowest BCUT2D eigenvalue weighted by Crippen LogP contribution is -2.09. The van der Waals surface area contributed by atoms with Gasteiger partial charge < -0.3 is 33.7 Å². The molecule has 10 aromatic rings. The molecule has 8 aromatic carbocycles. The Hall–Kier alpha value is -10.2. The fraction of sp³-hybridized carbons (Fsp3) is 0.0167. The highest BCUT2D eigenvalue weighted by Crippen LogP contribution is 2.38. The van der Waals surface area contributed by atoms with E-state index in [-0.39, 0.29) is 5.57 Å². The summed E-state index contributed by atoms with van der Waals surface area (Å²) in [6.45, 7) is 5.56. The molecular formula is C60H42N4O7. The first-order valence-electron chi connectivity index (χ1n) is 22.1. The van der Waals surface area contributed by atoms with Crippen LogP contribution in [0.5, 0.6) is 0 Å². The monoisotopic (exact) mass is 930 g/mol. The van der Waals surface area contributed by atoms with Crippen molar-refractivity contribution < 1.29 is 33.4 Å². The van der Waals surface area contributed by atoms with Crippen LogP contribution in [-0.2, 0) is 9.59 Å². The minimum Gasteiger partial charge on any atom is -0.477 e. The van der Waals surface area contributed by atoms with Gasteiger partial charge >= 0.3 is 18.5 Å². The van der Waals surface area contributed by atoms with Crippen molar-refractivity contribution in [3.05, 3.63) is 247 Å². The summed E-state index contributed by atoms with van der Waals surface area (Å²) in [6.07, 6.45) is 2.17. The molecule has 344 valence electrons. The molecular weight excluding hydrogens is 889 g/mol. The number of nitriles is 1. The predicted molar refractivity (Wildman–Crippen MR) is 278 cm³/mol. The van der Waals surface area contributed by atoms with E-state index in [1.54, 1.807) is 30.3 Å². The van der Waals surface area contributed by atoms with Crippen molar-refractivity contribution in [1.29, 1.82) is 5.26 Å². The van der Waals surface area contributed by atoms with Crippen LogP contribution in [0.15, 0.2) is 233 Å². The fourth-order valence-electron chi connectivity index (χ4n) is 7.67. The summed E-state index contributed by atoms with van der Waals surface area (Å²) >= 11 is 0. The summed E-state index contributed by atoms with van der Waals surface area (Å²) < 4.78 is 12.1. The summed E-state index contributed by atoms with van der Waals surface area (Å²) in [6, 6.07) is 74.0. The highest BCUT2D eigenvalue weighted by Gasteiger charge is 2.16. The molecule has 0 bridgehead atoms. The van der Waals surface area contributed by atoms with Crippen molar-refractivity contribution in [2.24, 2.45) is 0 Å². The van der Waals surface area contributed by atoms with E-state index in [2.05, 4.69) is 99.6 Å². The summed E-state index contributed by atoms with van der Waals surface area (Å²) in [4.78, 5) is 38.5. The highest BCUT2D eigenvalue weighted by molar-refractivity contribution is 5.97. The van der Waals surface area contributed by atoms with Gasteiger partial charge in [0, 0.05) is 61.6 Å². The Morgan fingerprint density at radius 1 is 0.521 bits per heavy atom. The summed E-state index contributed by atoms with van der Waals surface area (Å²) in [7, 11) is 0. The lowest BCUT2D eigenvalue weighted by molar-refractivity contribution is -0.135. The van der Waals surface area contributed by atoms with Gasteiger partial charge in [0.2, 0.25) is 0 Å². The van der Waals surface area contributed by atoms with Crippen LogP contribution in [-0.4, -0.2) is 35.0 Å². The van der Waals surface area contributed by atoms with Gasteiger partial charge in [-0.05, 0) is 133 Å². The zero-order valence-corrected chi connectivity index (χ0v) is 37.9. The van der Waals surface area contributed by atoms with Gasteiger partial charge in [-0.25, -0.2) is 16.2 Å². The van der Waals surface area contributed by atoms with Gasteiger partial charge in [0.15, 0.2) is 0 Å². The molecule has 11 nitrogen and oxygen atoms in total. The maximum Gasteiger partial charge on any atom is 0.384 e. The van der Waals surface area contributed by atoms with Crippen molar-refractivity contribution >= 4 is 80.4 Å². The number of benzene rings is 8. The van der Waals surface area contributed by atoms with Crippen molar-refractivity contribution in [3.63, 3.8) is 0 Å². The van der Waals surface area contributed by atoms with Gasteiger partial charge in [-0.15, -0.1) is 0 Å². The van der Waals surface area contributed by atoms with Gasteiger partial charge in [0.1, 0.15) is 40.6 Å². The molecule has 71 heavy (non-hydrogen) atoms. The van der Waals surface area contributed by atoms with Crippen molar-refractivity contribution in [2.75, 3.05) is 16.3 Å². The van der Waals surface area contributed by atoms with Crippen LogP contribution in [0.4, 0.5) is 34.1 Å². The van der Waals surface area contributed by atoms with Crippen LogP contribution in [0.2, 0.25) is 0 Å². The van der Waals surface area contributed by atoms with E-state index in [1.165, 1.54) is 6.08 Å².